The number of aromatic hydroxyl groups is 1. The van der Waals surface area contributed by atoms with Gasteiger partial charge in [0.2, 0.25) is 0 Å². The number of amidine groups is 1. The van der Waals surface area contributed by atoms with Gasteiger partial charge in [0, 0.05) is 25.5 Å². The van der Waals surface area contributed by atoms with Gasteiger partial charge in [-0.05, 0) is 38.3 Å². The van der Waals surface area contributed by atoms with E-state index in [0.29, 0.717) is 11.6 Å². The highest BCUT2D eigenvalue weighted by Gasteiger charge is 2.33. The second-order valence-corrected chi connectivity index (χ2v) is 12.7. The minimum Gasteiger partial charge on any atom is -0.504 e. The van der Waals surface area contributed by atoms with E-state index in [-0.39, 0.29) is 52.3 Å². The van der Waals surface area contributed by atoms with E-state index in [4.69, 9.17) is 9.15 Å². The Bertz CT molecular complexity index is 1280. The predicted octanol–water partition coefficient (Wildman–Crippen LogP) is 5.04. The number of aryl methyl sites for hydroxylation is 1. The summed E-state index contributed by atoms with van der Waals surface area (Å²) in [5, 5.41) is 18.9. The van der Waals surface area contributed by atoms with Crippen molar-refractivity contribution in [3.8, 4) is 5.75 Å². The Morgan fingerprint density at radius 2 is 1.87 bits per heavy atom. The molecule has 0 fully saturated rings. The Kier molecular flexibility index (Phi) is 10.6. The van der Waals surface area contributed by atoms with E-state index in [1.54, 1.807) is 34.7 Å². The van der Waals surface area contributed by atoms with Gasteiger partial charge in [0.05, 0.1) is 29.6 Å². The number of nitrogens with one attached hydrogen (secondary N) is 2. The molecular weight excluding hydrogens is 528 g/mol. The first-order valence-electron chi connectivity index (χ1n) is 12.5. The number of carbonyl (C=O) groups excluding carboxylic acids is 1. The van der Waals surface area contributed by atoms with Gasteiger partial charge in [-0.1, -0.05) is 34.6 Å². The zero-order valence-corrected chi connectivity index (χ0v) is 25.3. The van der Waals surface area contributed by atoms with E-state index in [1.807, 2.05) is 39.8 Å². The van der Waals surface area contributed by atoms with Crippen molar-refractivity contribution in [3.05, 3.63) is 40.3 Å². The average molecular weight is 569 g/mol. The molecular formula is C26H40N4O6S2. The highest BCUT2D eigenvalue weighted by Crippen LogP contribution is 2.40. The SMILES string of the molecule is CCOC(=O)/C(C)=C(\Nc1csc(S(=O)(=O)N(CC)CC)c1O)C(=NC)N[C@@H](c1ccc(C)o1)C(C)(C)C. The molecule has 2 heterocycles. The van der Waals surface area contributed by atoms with Crippen LogP contribution in [-0.2, 0) is 19.6 Å². The first-order chi connectivity index (χ1) is 17.7. The second-order valence-electron chi connectivity index (χ2n) is 9.68. The zero-order chi connectivity index (χ0) is 28.8. The van der Waals surface area contributed by atoms with E-state index in [0.717, 1.165) is 17.1 Å². The quantitative estimate of drug-likeness (QED) is 0.149. The maximum Gasteiger partial charge on any atom is 0.335 e. The molecule has 0 radical (unpaired) electrons. The van der Waals surface area contributed by atoms with Gasteiger partial charge in [0.15, 0.2) is 9.96 Å². The molecule has 0 bridgehead atoms. The molecule has 12 heteroatoms. The number of carbonyl (C=O) groups is 1. The van der Waals surface area contributed by atoms with Crippen LogP contribution in [-0.4, -0.2) is 56.4 Å². The van der Waals surface area contributed by atoms with Gasteiger partial charge < -0.3 is 24.9 Å². The third kappa shape index (κ3) is 6.97. The third-order valence-electron chi connectivity index (χ3n) is 5.88. The van der Waals surface area contributed by atoms with E-state index in [9.17, 15) is 18.3 Å². The Hall–Kier alpha value is -2.83. The summed E-state index contributed by atoms with van der Waals surface area (Å²) in [4.78, 5) is 17.2. The topological polar surface area (TPSA) is 133 Å². The number of hydrogen-bond acceptors (Lipinski definition) is 9. The van der Waals surface area contributed by atoms with Gasteiger partial charge in [0.1, 0.15) is 17.4 Å². The van der Waals surface area contributed by atoms with Crippen molar-refractivity contribution in [2.75, 3.05) is 32.1 Å². The monoisotopic (exact) mass is 568 g/mol. The smallest absolute Gasteiger partial charge is 0.335 e. The molecule has 10 nitrogen and oxygen atoms in total. The number of furan rings is 1. The Balaban J connectivity index is 2.60. The number of rotatable bonds is 11. The molecule has 0 spiro atoms. The molecule has 0 saturated carbocycles. The number of thiophene rings is 1. The average Bonchev–Trinajstić information content (AvgIpc) is 3.43. The Morgan fingerprint density at radius 1 is 1.24 bits per heavy atom. The van der Waals surface area contributed by atoms with Crippen LogP contribution in [0.2, 0.25) is 0 Å². The summed E-state index contributed by atoms with van der Waals surface area (Å²) in [5.41, 5.74) is 0.243. The summed E-state index contributed by atoms with van der Waals surface area (Å²) in [7, 11) is -2.33. The first kappa shape index (κ1) is 31.4. The predicted molar refractivity (Wildman–Crippen MR) is 151 cm³/mol. The van der Waals surface area contributed by atoms with E-state index >= 15 is 0 Å². The summed E-state index contributed by atoms with van der Waals surface area (Å²) in [6.07, 6.45) is 0. The highest BCUT2D eigenvalue weighted by atomic mass is 32.2. The molecule has 3 N–H and O–H groups in total. The molecule has 2 aromatic heterocycles. The number of aliphatic imine (C=N–C) groups is 1. The van der Waals surface area contributed by atoms with Gasteiger partial charge in [-0.3, -0.25) is 4.99 Å². The van der Waals surface area contributed by atoms with Crippen molar-refractivity contribution >= 4 is 38.9 Å². The maximum atomic E-state index is 13.1. The van der Waals surface area contributed by atoms with Gasteiger partial charge in [-0.15, -0.1) is 11.3 Å². The van der Waals surface area contributed by atoms with Gasteiger partial charge in [0.25, 0.3) is 10.0 Å². The second kappa shape index (κ2) is 12.8. The number of nitrogens with zero attached hydrogens (tertiary/aromatic N) is 2. The normalized spacial score (nSPS) is 14.3. The standard InChI is InChI=1S/C26H40N4O6S2/c1-10-30(11-2)38(33,34)25-21(31)18(15-37-25)28-20(17(5)24(32)35-12-3)23(27-9)29-22(26(6,7)8)19-14-13-16(4)36-19/h13-15,22,28,31H,10-12H2,1-9H3,(H,27,29)/b20-17-/t22-/m0/s1. The van der Waals surface area contributed by atoms with Crippen LogP contribution in [0, 0.1) is 12.3 Å². The molecule has 212 valence electrons. The molecule has 0 amide bonds. The summed E-state index contributed by atoms with van der Waals surface area (Å²) in [6.45, 7) is 15.4. The Labute approximate surface area is 229 Å². The van der Waals surface area contributed by atoms with Crippen LogP contribution in [0.15, 0.2) is 42.4 Å². The molecule has 2 rings (SSSR count). The first-order valence-corrected chi connectivity index (χ1v) is 14.8. The maximum absolute atomic E-state index is 13.1. The van der Waals surface area contributed by atoms with Crippen molar-refractivity contribution in [1.29, 1.82) is 0 Å². The molecule has 0 aliphatic heterocycles. The Morgan fingerprint density at radius 3 is 2.34 bits per heavy atom. The van der Waals surface area contributed by atoms with Crippen LogP contribution < -0.4 is 10.6 Å². The minimum absolute atomic E-state index is 0.128. The zero-order valence-electron chi connectivity index (χ0n) is 23.6. The van der Waals surface area contributed by atoms with Gasteiger partial charge in [-0.2, -0.15) is 4.31 Å². The fourth-order valence-electron chi connectivity index (χ4n) is 3.80. The lowest BCUT2D eigenvalue weighted by atomic mass is 9.85. The molecule has 1 atom stereocenters. The van der Waals surface area contributed by atoms with E-state index in [2.05, 4.69) is 15.6 Å². The largest absolute Gasteiger partial charge is 0.504 e. The summed E-state index contributed by atoms with van der Waals surface area (Å²) >= 11 is 0.895. The minimum atomic E-state index is -3.89. The molecule has 0 aliphatic rings. The van der Waals surface area contributed by atoms with Crippen molar-refractivity contribution < 1.29 is 27.5 Å². The van der Waals surface area contributed by atoms with E-state index < -0.39 is 21.7 Å². The van der Waals surface area contributed by atoms with Gasteiger partial charge in [-0.25, -0.2) is 13.2 Å². The van der Waals surface area contributed by atoms with Crippen LogP contribution in [0.1, 0.15) is 66.0 Å². The number of esters is 1. The lowest BCUT2D eigenvalue weighted by Crippen LogP contribution is -2.39. The molecule has 38 heavy (non-hydrogen) atoms. The number of anilines is 1. The van der Waals surface area contributed by atoms with Crippen molar-refractivity contribution in [3.63, 3.8) is 0 Å². The summed E-state index contributed by atoms with van der Waals surface area (Å²) < 4.78 is 38.3. The fourth-order valence-corrected chi connectivity index (χ4v) is 6.63. The van der Waals surface area contributed by atoms with Crippen molar-refractivity contribution in [2.45, 2.75) is 65.6 Å². The van der Waals surface area contributed by atoms with Crippen molar-refractivity contribution in [2.24, 2.45) is 10.4 Å². The van der Waals surface area contributed by atoms with Crippen molar-refractivity contribution in [1.82, 2.24) is 9.62 Å². The molecule has 0 saturated heterocycles. The molecule has 2 aromatic rings. The van der Waals surface area contributed by atoms with Crippen LogP contribution >= 0.6 is 11.3 Å². The summed E-state index contributed by atoms with van der Waals surface area (Å²) in [6, 6.07) is 3.42. The van der Waals surface area contributed by atoms with Gasteiger partial charge >= 0.3 is 5.97 Å². The van der Waals surface area contributed by atoms with Crippen LogP contribution in [0.4, 0.5) is 5.69 Å². The van der Waals surface area contributed by atoms with E-state index in [1.165, 1.54) is 9.69 Å². The number of ether oxygens (including phenoxy) is 1. The lowest BCUT2D eigenvalue weighted by Gasteiger charge is -2.32. The lowest BCUT2D eigenvalue weighted by molar-refractivity contribution is -0.138. The van der Waals surface area contributed by atoms with Crippen LogP contribution in [0.25, 0.3) is 0 Å². The number of hydrogen-bond donors (Lipinski definition) is 3. The molecule has 0 aromatic carbocycles. The number of sulfonamides is 1. The summed E-state index contributed by atoms with van der Waals surface area (Å²) in [5.74, 6) is 0.747. The van der Waals surface area contributed by atoms with Crippen LogP contribution in [0.3, 0.4) is 0 Å². The fraction of sp³-hybridized carbons (Fsp3) is 0.538. The molecule has 0 aliphatic carbocycles. The third-order valence-corrected chi connectivity index (χ3v) is 9.42. The van der Waals surface area contributed by atoms with Crippen LogP contribution in [0.5, 0.6) is 5.75 Å². The molecule has 0 unspecified atom stereocenters. The highest BCUT2D eigenvalue weighted by molar-refractivity contribution is 7.91.